The van der Waals surface area contributed by atoms with Crippen LogP contribution in [0.15, 0.2) is 0 Å². The van der Waals surface area contributed by atoms with Crippen LogP contribution in [0.25, 0.3) is 0 Å². The van der Waals surface area contributed by atoms with E-state index in [1.807, 2.05) is 20.8 Å². The van der Waals surface area contributed by atoms with Crippen molar-refractivity contribution in [1.82, 2.24) is 5.32 Å². The average molecular weight is 189 g/mol. The van der Waals surface area contributed by atoms with E-state index in [9.17, 15) is 4.79 Å². The zero-order chi connectivity index (χ0) is 10.7. The minimum absolute atomic E-state index is 0.00583. The Morgan fingerprint density at radius 3 is 2.00 bits per heavy atom. The Hall–Kier alpha value is -0.610. The van der Waals surface area contributed by atoms with Crippen molar-refractivity contribution in [2.75, 3.05) is 13.2 Å². The summed E-state index contributed by atoms with van der Waals surface area (Å²) in [7, 11) is 0. The van der Waals surface area contributed by atoms with Gasteiger partial charge < -0.3 is 10.2 Å². The van der Waals surface area contributed by atoms with Gasteiger partial charge in [-0.05, 0) is 12.3 Å². The van der Waals surface area contributed by atoms with E-state index in [2.05, 4.69) is 5.32 Å². The molecule has 0 aliphatic rings. The molecule has 0 radical (unpaired) electrons. The lowest BCUT2D eigenvalue weighted by atomic mass is 9.94. The summed E-state index contributed by atoms with van der Waals surface area (Å²) in [6.45, 7) is 7.62. The fourth-order valence-electron chi connectivity index (χ4n) is 0.659. The van der Waals surface area contributed by atoms with Gasteiger partial charge in [-0.2, -0.15) is 0 Å². The van der Waals surface area contributed by atoms with Gasteiger partial charge in [-0.3, -0.25) is 10.1 Å². The van der Waals surface area contributed by atoms with Gasteiger partial charge in [0.15, 0.2) is 0 Å². The molecule has 3 N–H and O–H groups in total. The number of hydrogen-bond acceptors (Lipinski definition) is 3. The van der Waals surface area contributed by atoms with Crippen LogP contribution in [0, 0.1) is 5.41 Å². The van der Waals surface area contributed by atoms with Crippen LogP contribution >= 0.6 is 0 Å². The molecule has 0 bridgehead atoms. The lowest BCUT2D eigenvalue weighted by molar-refractivity contribution is -0.146. The van der Waals surface area contributed by atoms with E-state index in [1.54, 1.807) is 0 Å². The lowest BCUT2D eigenvalue weighted by Gasteiger charge is -2.28. The standard InChI is InChI=1S/C9H19NO3/c1-8(2,3)5-10-9(4,6-11)7(12)13/h10-11H,5-6H2,1-4H3,(H,12,13)/t9-/m1/s1. The third-order valence-electron chi connectivity index (χ3n) is 1.80. The number of carboxylic acid groups (broad SMARTS) is 1. The Balaban J connectivity index is 4.22. The van der Waals surface area contributed by atoms with E-state index in [1.165, 1.54) is 6.92 Å². The van der Waals surface area contributed by atoms with Crippen LogP contribution in [0.2, 0.25) is 0 Å². The van der Waals surface area contributed by atoms with Crippen LogP contribution in [0.4, 0.5) is 0 Å². The summed E-state index contributed by atoms with van der Waals surface area (Å²) in [6.07, 6.45) is 0. The highest BCUT2D eigenvalue weighted by Crippen LogP contribution is 2.13. The van der Waals surface area contributed by atoms with Crippen molar-refractivity contribution >= 4 is 5.97 Å². The van der Waals surface area contributed by atoms with Crippen LogP contribution < -0.4 is 5.32 Å². The fraction of sp³-hybridized carbons (Fsp3) is 0.889. The van der Waals surface area contributed by atoms with Gasteiger partial charge in [0.1, 0.15) is 5.54 Å². The minimum atomic E-state index is -1.23. The number of aliphatic hydroxyl groups is 1. The molecular formula is C9H19NO3. The molecule has 0 amide bonds. The predicted molar refractivity (Wildman–Crippen MR) is 50.6 cm³/mol. The first-order chi connectivity index (χ1) is 5.71. The molecule has 0 rings (SSSR count). The SMILES string of the molecule is CC(C)(C)CN[C@](C)(CO)C(=O)O. The predicted octanol–water partition coefficient (Wildman–Crippen LogP) is 0.458. The minimum Gasteiger partial charge on any atom is -0.480 e. The van der Waals surface area contributed by atoms with Crippen molar-refractivity contribution in [3.05, 3.63) is 0 Å². The summed E-state index contributed by atoms with van der Waals surface area (Å²) in [6, 6.07) is 0. The maximum Gasteiger partial charge on any atom is 0.326 e. The van der Waals surface area contributed by atoms with Crippen LogP contribution in [0.1, 0.15) is 27.7 Å². The maximum atomic E-state index is 10.7. The van der Waals surface area contributed by atoms with E-state index < -0.39 is 18.1 Å². The van der Waals surface area contributed by atoms with Gasteiger partial charge >= 0.3 is 5.97 Å². The molecule has 78 valence electrons. The molecule has 0 spiro atoms. The van der Waals surface area contributed by atoms with Crippen molar-refractivity contribution in [2.24, 2.45) is 5.41 Å². The van der Waals surface area contributed by atoms with Gasteiger partial charge in [-0.1, -0.05) is 20.8 Å². The van der Waals surface area contributed by atoms with Crippen molar-refractivity contribution in [1.29, 1.82) is 0 Å². The van der Waals surface area contributed by atoms with E-state index in [4.69, 9.17) is 10.2 Å². The fourth-order valence-corrected chi connectivity index (χ4v) is 0.659. The molecule has 0 aliphatic carbocycles. The quantitative estimate of drug-likeness (QED) is 0.601. The van der Waals surface area contributed by atoms with E-state index >= 15 is 0 Å². The second-order valence-electron chi connectivity index (χ2n) is 4.71. The number of aliphatic carboxylic acids is 1. The van der Waals surface area contributed by atoms with Crippen molar-refractivity contribution in [3.63, 3.8) is 0 Å². The third-order valence-corrected chi connectivity index (χ3v) is 1.80. The molecule has 0 aliphatic heterocycles. The third kappa shape index (κ3) is 4.24. The number of nitrogens with one attached hydrogen (secondary N) is 1. The van der Waals surface area contributed by atoms with Crippen LogP contribution in [0.5, 0.6) is 0 Å². The largest absolute Gasteiger partial charge is 0.480 e. The first kappa shape index (κ1) is 12.4. The maximum absolute atomic E-state index is 10.7. The Kier molecular flexibility index (Phi) is 3.88. The van der Waals surface area contributed by atoms with E-state index in [0.29, 0.717) is 6.54 Å². The molecule has 0 heterocycles. The molecule has 0 aromatic rings. The zero-order valence-corrected chi connectivity index (χ0v) is 8.72. The van der Waals surface area contributed by atoms with Crippen molar-refractivity contribution < 1.29 is 15.0 Å². The Labute approximate surface area is 79.0 Å². The molecule has 0 aromatic carbocycles. The Bertz CT molecular complexity index is 186. The molecule has 1 atom stereocenters. The van der Waals surface area contributed by atoms with Gasteiger partial charge in [0.05, 0.1) is 6.61 Å². The average Bonchev–Trinajstić information content (AvgIpc) is 1.98. The molecule has 0 saturated heterocycles. The monoisotopic (exact) mass is 189 g/mol. The molecular weight excluding hydrogens is 170 g/mol. The molecule has 0 unspecified atom stereocenters. The first-order valence-corrected chi connectivity index (χ1v) is 4.30. The molecule has 4 heteroatoms. The Morgan fingerprint density at radius 1 is 1.31 bits per heavy atom. The lowest BCUT2D eigenvalue weighted by Crippen LogP contribution is -2.54. The normalized spacial score (nSPS) is 16.7. The molecule has 0 aromatic heterocycles. The molecule has 13 heavy (non-hydrogen) atoms. The van der Waals surface area contributed by atoms with Crippen molar-refractivity contribution in [2.45, 2.75) is 33.2 Å². The highest BCUT2D eigenvalue weighted by molar-refractivity contribution is 5.78. The highest BCUT2D eigenvalue weighted by atomic mass is 16.4. The van der Waals surface area contributed by atoms with Gasteiger partial charge in [0.25, 0.3) is 0 Å². The first-order valence-electron chi connectivity index (χ1n) is 4.30. The molecule has 4 nitrogen and oxygen atoms in total. The second-order valence-corrected chi connectivity index (χ2v) is 4.71. The van der Waals surface area contributed by atoms with Gasteiger partial charge in [0.2, 0.25) is 0 Å². The van der Waals surface area contributed by atoms with Crippen LogP contribution in [0.3, 0.4) is 0 Å². The number of carbonyl (C=O) groups is 1. The number of hydrogen-bond donors (Lipinski definition) is 3. The summed E-state index contributed by atoms with van der Waals surface area (Å²) >= 11 is 0. The highest BCUT2D eigenvalue weighted by Gasteiger charge is 2.32. The smallest absolute Gasteiger partial charge is 0.326 e. The van der Waals surface area contributed by atoms with Gasteiger partial charge in [-0.15, -0.1) is 0 Å². The summed E-state index contributed by atoms with van der Waals surface area (Å²) in [5.74, 6) is -1.03. The summed E-state index contributed by atoms with van der Waals surface area (Å²) in [5, 5.41) is 20.6. The molecule has 0 fully saturated rings. The second kappa shape index (κ2) is 4.07. The zero-order valence-electron chi connectivity index (χ0n) is 8.72. The van der Waals surface area contributed by atoms with Crippen molar-refractivity contribution in [3.8, 4) is 0 Å². The summed E-state index contributed by atoms with van der Waals surface area (Å²) in [5.41, 5.74) is -1.22. The van der Waals surface area contributed by atoms with E-state index in [0.717, 1.165) is 0 Å². The van der Waals surface area contributed by atoms with Gasteiger partial charge in [-0.25, -0.2) is 0 Å². The number of aliphatic hydroxyl groups excluding tert-OH is 1. The van der Waals surface area contributed by atoms with Crippen LogP contribution in [-0.2, 0) is 4.79 Å². The number of rotatable bonds is 4. The van der Waals surface area contributed by atoms with Gasteiger partial charge in [0, 0.05) is 6.54 Å². The molecule has 0 saturated carbocycles. The Morgan fingerprint density at radius 2 is 1.77 bits per heavy atom. The van der Waals surface area contributed by atoms with Crippen LogP contribution in [-0.4, -0.2) is 34.9 Å². The topological polar surface area (TPSA) is 69.6 Å². The van der Waals surface area contributed by atoms with E-state index in [-0.39, 0.29) is 5.41 Å². The number of carboxylic acids is 1. The summed E-state index contributed by atoms with van der Waals surface area (Å²) < 4.78 is 0. The summed E-state index contributed by atoms with van der Waals surface area (Å²) in [4.78, 5) is 10.7.